The summed E-state index contributed by atoms with van der Waals surface area (Å²) in [4.78, 5) is 26.4. The summed E-state index contributed by atoms with van der Waals surface area (Å²) in [7, 11) is 1.35. The number of ether oxygens (including phenoxy) is 1. The van der Waals surface area contributed by atoms with E-state index in [-0.39, 0.29) is 11.7 Å². The Bertz CT molecular complexity index is 1070. The third-order valence-corrected chi connectivity index (χ3v) is 4.41. The Morgan fingerprint density at radius 1 is 1.14 bits per heavy atom. The van der Waals surface area contributed by atoms with Gasteiger partial charge in [-0.05, 0) is 50.2 Å². The molecule has 0 spiro atoms. The number of methoxy groups -OCH3 is 1. The molecule has 0 N–H and O–H groups in total. The van der Waals surface area contributed by atoms with E-state index >= 15 is 0 Å². The molecule has 0 fully saturated rings. The number of esters is 1. The molecular formula is C21H19N3O4. The van der Waals surface area contributed by atoms with Crippen molar-refractivity contribution >= 4 is 23.6 Å². The fourth-order valence-corrected chi connectivity index (χ4v) is 3.01. The maximum absolute atomic E-state index is 11.6. The predicted octanol–water partition coefficient (Wildman–Crippen LogP) is 4.54. The van der Waals surface area contributed by atoms with Gasteiger partial charge in [-0.3, -0.25) is 15.1 Å². The quantitative estimate of drug-likeness (QED) is 0.283. The molecule has 0 unspecified atom stereocenters. The standard InChI is InChI=1S/C21H19N3O4/c1-14-11-17(13-22-18-5-4-6-20(12-18)24(26)27)15(2)23(14)19-9-7-16(8-10-19)21(25)28-3/h4-13H,1-3H3. The summed E-state index contributed by atoms with van der Waals surface area (Å²) in [5.41, 5.74) is 4.80. The average molecular weight is 377 g/mol. The maximum Gasteiger partial charge on any atom is 0.337 e. The van der Waals surface area contributed by atoms with Crippen LogP contribution < -0.4 is 0 Å². The van der Waals surface area contributed by atoms with E-state index in [0.717, 1.165) is 22.6 Å². The SMILES string of the molecule is COC(=O)c1ccc(-n2c(C)cc(C=Nc3cccc([N+](=O)[O-])c3)c2C)cc1. The fourth-order valence-electron chi connectivity index (χ4n) is 3.01. The number of rotatable bonds is 5. The second kappa shape index (κ2) is 7.87. The number of benzene rings is 2. The second-order valence-corrected chi connectivity index (χ2v) is 6.24. The zero-order chi connectivity index (χ0) is 20.3. The minimum absolute atomic E-state index is 0.00539. The van der Waals surface area contributed by atoms with Crippen molar-refractivity contribution in [2.45, 2.75) is 13.8 Å². The van der Waals surface area contributed by atoms with E-state index in [4.69, 9.17) is 4.74 Å². The van der Waals surface area contributed by atoms with Gasteiger partial charge in [-0.25, -0.2) is 4.79 Å². The van der Waals surface area contributed by atoms with E-state index in [2.05, 4.69) is 9.56 Å². The first-order chi connectivity index (χ1) is 13.4. The Hall–Kier alpha value is -3.74. The van der Waals surface area contributed by atoms with Gasteiger partial charge in [0.05, 0.1) is 23.3 Å². The molecule has 0 bridgehead atoms. The molecule has 1 heterocycles. The lowest BCUT2D eigenvalue weighted by atomic mass is 10.2. The van der Waals surface area contributed by atoms with E-state index in [1.54, 1.807) is 30.5 Å². The highest BCUT2D eigenvalue weighted by atomic mass is 16.6. The number of carbonyl (C=O) groups excluding carboxylic acids is 1. The van der Waals surface area contributed by atoms with Crippen molar-refractivity contribution in [2.75, 3.05) is 7.11 Å². The van der Waals surface area contributed by atoms with Crippen LogP contribution in [0.4, 0.5) is 11.4 Å². The molecule has 2 aromatic carbocycles. The lowest BCUT2D eigenvalue weighted by Crippen LogP contribution is -2.03. The molecule has 3 aromatic rings. The molecule has 28 heavy (non-hydrogen) atoms. The molecule has 0 aliphatic carbocycles. The molecule has 0 saturated carbocycles. The Balaban J connectivity index is 1.91. The van der Waals surface area contributed by atoms with Crippen LogP contribution >= 0.6 is 0 Å². The van der Waals surface area contributed by atoms with Crippen molar-refractivity contribution < 1.29 is 14.5 Å². The Labute approximate surface area is 162 Å². The first-order valence-electron chi connectivity index (χ1n) is 8.57. The van der Waals surface area contributed by atoms with Crippen LogP contribution in [0, 0.1) is 24.0 Å². The van der Waals surface area contributed by atoms with Crippen LogP contribution in [0.1, 0.15) is 27.3 Å². The van der Waals surface area contributed by atoms with Crippen LogP contribution in [0.5, 0.6) is 0 Å². The van der Waals surface area contributed by atoms with Gasteiger partial charge in [0.1, 0.15) is 0 Å². The van der Waals surface area contributed by atoms with Gasteiger partial charge in [0.25, 0.3) is 5.69 Å². The molecule has 3 rings (SSSR count). The Kier molecular flexibility index (Phi) is 5.35. The van der Waals surface area contributed by atoms with E-state index in [1.165, 1.54) is 19.2 Å². The first kappa shape index (κ1) is 19.0. The second-order valence-electron chi connectivity index (χ2n) is 6.24. The topological polar surface area (TPSA) is 86.7 Å². The molecular weight excluding hydrogens is 358 g/mol. The number of hydrogen-bond donors (Lipinski definition) is 0. The third kappa shape index (κ3) is 3.83. The number of carbonyl (C=O) groups is 1. The fraction of sp³-hybridized carbons (Fsp3) is 0.143. The summed E-state index contributed by atoms with van der Waals surface area (Å²) >= 11 is 0. The highest BCUT2D eigenvalue weighted by Gasteiger charge is 2.11. The van der Waals surface area contributed by atoms with Crippen LogP contribution in [0.25, 0.3) is 5.69 Å². The summed E-state index contributed by atoms with van der Waals surface area (Å²) < 4.78 is 6.78. The van der Waals surface area contributed by atoms with Crippen LogP contribution in [-0.4, -0.2) is 28.8 Å². The molecule has 0 amide bonds. The Morgan fingerprint density at radius 2 is 1.86 bits per heavy atom. The summed E-state index contributed by atoms with van der Waals surface area (Å²) in [5.74, 6) is -0.378. The van der Waals surface area contributed by atoms with Crippen LogP contribution in [0.15, 0.2) is 59.6 Å². The summed E-state index contributed by atoms with van der Waals surface area (Å²) in [6, 6.07) is 15.3. The number of non-ortho nitro benzene ring substituents is 1. The third-order valence-electron chi connectivity index (χ3n) is 4.41. The van der Waals surface area contributed by atoms with Gasteiger partial charge < -0.3 is 9.30 Å². The van der Waals surface area contributed by atoms with Gasteiger partial charge >= 0.3 is 5.97 Å². The minimum atomic E-state index is -0.442. The molecule has 142 valence electrons. The highest BCUT2D eigenvalue weighted by molar-refractivity contribution is 5.89. The van der Waals surface area contributed by atoms with Crippen molar-refractivity contribution in [3.63, 3.8) is 0 Å². The number of nitrogens with zero attached hydrogens (tertiary/aromatic N) is 3. The highest BCUT2D eigenvalue weighted by Crippen LogP contribution is 2.23. The predicted molar refractivity (Wildman–Crippen MR) is 107 cm³/mol. The molecule has 0 saturated heterocycles. The largest absolute Gasteiger partial charge is 0.465 e. The number of aliphatic imine (C=N–C) groups is 1. The zero-order valence-electron chi connectivity index (χ0n) is 15.7. The summed E-state index contributed by atoms with van der Waals surface area (Å²) in [6.45, 7) is 3.95. The first-order valence-corrected chi connectivity index (χ1v) is 8.57. The summed E-state index contributed by atoms with van der Waals surface area (Å²) in [5, 5.41) is 10.9. The van der Waals surface area contributed by atoms with Gasteiger partial charge in [0.2, 0.25) is 0 Å². The lowest BCUT2D eigenvalue weighted by molar-refractivity contribution is -0.384. The average Bonchev–Trinajstić information content (AvgIpc) is 2.99. The zero-order valence-corrected chi connectivity index (χ0v) is 15.7. The number of aryl methyl sites for hydroxylation is 1. The monoisotopic (exact) mass is 377 g/mol. The van der Waals surface area contributed by atoms with Crippen LogP contribution in [0.3, 0.4) is 0 Å². The van der Waals surface area contributed by atoms with E-state index in [1.807, 2.05) is 32.0 Å². The molecule has 0 atom stereocenters. The smallest absolute Gasteiger partial charge is 0.337 e. The van der Waals surface area contributed by atoms with Gasteiger partial charge in [0, 0.05) is 41.0 Å². The summed E-state index contributed by atoms with van der Waals surface area (Å²) in [6.07, 6.45) is 1.70. The minimum Gasteiger partial charge on any atom is -0.465 e. The van der Waals surface area contributed by atoms with Crippen molar-refractivity contribution in [2.24, 2.45) is 4.99 Å². The molecule has 0 aliphatic heterocycles. The van der Waals surface area contributed by atoms with E-state index < -0.39 is 4.92 Å². The number of nitro benzene ring substituents is 1. The molecule has 0 radical (unpaired) electrons. The van der Waals surface area contributed by atoms with Crippen molar-refractivity contribution in [3.05, 3.63) is 87.2 Å². The van der Waals surface area contributed by atoms with Crippen LogP contribution in [-0.2, 0) is 4.74 Å². The van der Waals surface area contributed by atoms with Gasteiger partial charge in [-0.2, -0.15) is 0 Å². The Morgan fingerprint density at radius 3 is 2.50 bits per heavy atom. The molecule has 0 aliphatic rings. The van der Waals surface area contributed by atoms with E-state index in [0.29, 0.717) is 11.3 Å². The molecule has 7 heteroatoms. The molecule has 1 aromatic heterocycles. The number of aromatic nitrogens is 1. The number of hydrogen-bond acceptors (Lipinski definition) is 5. The lowest BCUT2D eigenvalue weighted by Gasteiger charge is -2.10. The maximum atomic E-state index is 11.6. The van der Waals surface area contributed by atoms with Crippen molar-refractivity contribution in [1.82, 2.24) is 4.57 Å². The van der Waals surface area contributed by atoms with Crippen LogP contribution in [0.2, 0.25) is 0 Å². The normalized spacial score (nSPS) is 11.0. The van der Waals surface area contributed by atoms with Crippen molar-refractivity contribution in [1.29, 1.82) is 0 Å². The molecule has 7 nitrogen and oxygen atoms in total. The van der Waals surface area contributed by atoms with Gasteiger partial charge in [-0.15, -0.1) is 0 Å². The number of nitro groups is 1. The van der Waals surface area contributed by atoms with Gasteiger partial charge in [-0.1, -0.05) is 6.07 Å². The van der Waals surface area contributed by atoms with E-state index in [9.17, 15) is 14.9 Å². The van der Waals surface area contributed by atoms with Crippen molar-refractivity contribution in [3.8, 4) is 5.69 Å². The van der Waals surface area contributed by atoms with Gasteiger partial charge in [0.15, 0.2) is 0 Å².